The van der Waals surface area contributed by atoms with Crippen LogP contribution in [-0.4, -0.2) is 47.9 Å². The number of hydrogen-bond donors (Lipinski definition) is 1. The van der Waals surface area contributed by atoms with Gasteiger partial charge in [0.1, 0.15) is 11.9 Å². The zero-order chi connectivity index (χ0) is 25.9. The second-order valence-corrected chi connectivity index (χ2v) is 8.50. The van der Waals surface area contributed by atoms with E-state index in [1.807, 2.05) is 4.90 Å². The molecule has 37 heavy (non-hydrogen) atoms. The number of benzene rings is 2. The van der Waals surface area contributed by atoms with Crippen LogP contribution in [0, 0.1) is 24.1 Å². The maximum atomic E-state index is 14.0. The minimum Gasteiger partial charge on any atom is -0.459 e. The van der Waals surface area contributed by atoms with Gasteiger partial charge in [0.25, 0.3) is 17.7 Å². The van der Waals surface area contributed by atoms with Gasteiger partial charge in [0, 0.05) is 37.4 Å². The molecule has 3 heterocycles. The summed E-state index contributed by atoms with van der Waals surface area (Å²) in [6.07, 6.45) is 1.50. The molecule has 1 N–H and O–H groups in total. The van der Waals surface area contributed by atoms with Crippen LogP contribution in [-0.2, 0) is 0 Å². The predicted octanol–water partition coefficient (Wildman–Crippen LogP) is 4.47. The smallest absolute Gasteiger partial charge is 0.266 e. The highest BCUT2D eigenvalue weighted by atomic mass is 19.1. The first-order chi connectivity index (χ1) is 17.9. The molecule has 9 nitrogen and oxygen atoms in total. The highest BCUT2D eigenvalue weighted by Gasteiger charge is 2.28. The maximum Gasteiger partial charge on any atom is 0.266 e. The lowest BCUT2D eigenvalue weighted by Crippen LogP contribution is -2.48. The van der Waals surface area contributed by atoms with E-state index in [9.17, 15) is 19.2 Å². The molecule has 0 bridgehead atoms. The van der Waals surface area contributed by atoms with E-state index < -0.39 is 11.7 Å². The number of aromatic nitrogens is 1. The Balaban J connectivity index is 1.27. The highest BCUT2D eigenvalue weighted by molar-refractivity contribution is 6.05. The van der Waals surface area contributed by atoms with Crippen LogP contribution in [0.15, 0.2) is 69.7 Å². The number of carbonyl (C=O) groups excluding carboxylic acids is 2. The molecule has 1 saturated heterocycles. The van der Waals surface area contributed by atoms with Crippen molar-refractivity contribution >= 4 is 23.4 Å². The number of furan rings is 1. The third-order valence-electron chi connectivity index (χ3n) is 6.15. The lowest BCUT2D eigenvalue weighted by Gasteiger charge is -2.34. The van der Waals surface area contributed by atoms with Crippen LogP contribution in [0.4, 0.5) is 16.0 Å². The van der Waals surface area contributed by atoms with Crippen LogP contribution in [0.2, 0.25) is 0 Å². The SMILES string of the molecule is Cc1ccc(C(=O)N2CCN(c3oc(-c4ccco4)nc3C#N)CC2)cc1NC(=O)c1ccccc1F. The second kappa shape index (κ2) is 9.99. The van der Waals surface area contributed by atoms with Crippen molar-refractivity contribution < 1.29 is 22.8 Å². The Morgan fingerprint density at radius 2 is 1.86 bits per heavy atom. The summed E-state index contributed by atoms with van der Waals surface area (Å²) < 4.78 is 25.1. The van der Waals surface area contributed by atoms with Gasteiger partial charge >= 0.3 is 0 Å². The van der Waals surface area contributed by atoms with Crippen molar-refractivity contribution in [2.24, 2.45) is 0 Å². The molecule has 0 aliphatic carbocycles. The van der Waals surface area contributed by atoms with Crippen LogP contribution in [0.3, 0.4) is 0 Å². The summed E-state index contributed by atoms with van der Waals surface area (Å²) in [6.45, 7) is 3.47. The largest absolute Gasteiger partial charge is 0.459 e. The number of hydrogen-bond acceptors (Lipinski definition) is 7. The molecular formula is C27H22FN5O4. The molecule has 0 unspecified atom stereocenters. The molecule has 5 rings (SSSR count). The number of nitrogens with zero attached hydrogens (tertiary/aromatic N) is 4. The molecule has 1 aliphatic rings. The summed E-state index contributed by atoms with van der Waals surface area (Å²) in [5.41, 5.74) is 1.66. The zero-order valence-electron chi connectivity index (χ0n) is 19.9. The first kappa shape index (κ1) is 23.8. The van der Waals surface area contributed by atoms with Crippen molar-refractivity contribution in [2.45, 2.75) is 6.92 Å². The fourth-order valence-electron chi connectivity index (χ4n) is 4.12. The van der Waals surface area contributed by atoms with Crippen LogP contribution in [0.1, 0.15) is 32.0 Å². The molecule has 1 fully saturated rings. The number of anilines is 2. The molecule has 2 aromatic heterocycles. The van der Waals surface area contributed by atoms with E-state index in [-0.39, 0.29) is 23.1 Å². The van der Waals surface area contributed by atoms with Crippen LogP contribution >= 0.6 is 0 Å². The van der Waals surface area contributed by atoms with Gasteiger partial charge in [-0.25, -0.2) is 4.39 Å². The molecule has 1 aliphatic heterocycles. The van der Waals surface area contributed by atoms with E-state index in [1.165, 1.54) is 24.5 Å². The molecule has 0 radical (unpaired) electrons. The van der Waals surface area contributed by atoms with Gasteiger partial charge in [-0.2, -0.15) is 10.2 Å². The van der Waals surface area contributed by atoms with Crippen molar-refractivity contribution in [1.29, 1.82) is 5.26 Å². The number of nitriles is 1. The molecule has 4 aromatic rings. The number of nitrogens with one attached hydrogen (secondary N) is 1. The van der Waals surface area contributed by atoms with Gasteiger partial charge in [-0.3, -0.25) is 9.59 Å². The Bertz CT molecular complexity index is 1500. The minimum absolute atomic E-state index is 0.0749. The highest BCUT2D eigenvalue weighted by Crippen LogP contribution is 2.29. The van der Waals surface area contributed by atoms with E-state index >= 15 is 0 Å². The lowest BCUT2D eigenvalue weighted by atomic mass is 10.1. The standard InChI is InChI=1S/C27H22FN5O4/c1-17-8-9-18(15-21(17)30-24(34)19-5-2-3-6-20(19)28)26(35)32-10-12-33(13-11-32)27-22(16-29)31-25(37-27)23-7-4-14-36-23/h2-9,14-15H,10-13H2,1H3,(H,30,34). The monoisotopic (exact) mass is 499 g/mol. The lowest BCUT2D eigenvalue weighted by molar-refractivity contribution is 0.0745. The van der Waals surface area contributed by atoms with E-state index in [4.69, 9.17) is 8.83 Å². The van der Waals surface area contributed by atoms with Crippen molar-refractivity contribution in [3.05, 3.63) is 89.1 Å². The van der Waals surface area contributed by atoms with Crippen LogP contribution in [0.5, 0.6) is 0 Å². The number of carbonyl (C=O) groups is 2. The van der Waals surface area contributed by atoms with Gasteiger partial charge in [0.05, 0.1) is 11.8 Å². The van der Waals surface area contributed by atoms with Gasteiger partial charge in [-0.1, -0.05) is 18.2 Å². The van der Waals surface area contributed by atoms with Crippen LogP contribution in [0.25, 0.3) is 11.7 Å². The van der Waals surface area contributed by atoms with Gasteiger partial charge in [0.15, 0.2) is 5.76 Å². The van der Waals surface area contributed by atoms with Crippen molar-refractivity contribution in [3.63, 3.8) is 0 Å². The summed E-state index contributed by atoms with van der Waals surface area (Å²) in [6, 6.07) is 16.2. The van der Waals surface area contributed by atoms with Crippen molar-refractivity contribution in [2.75, 3.05) is 36.4 Å². The summed E-state index contributed by atoms with van der Waals surface area (Å²) in [5.74, 6) is -0.419. The number of piperazine rings is 1. The number of halogens is 1. The summed E-state index contributed by atoms with van der Waals surface area (Å²) >= 11 is 0. The van der Waals surface area contributed by atoms with E-state index in [0.717, 1.165) is 5.56 Å². The van der Waals surface area contributed by atoms with E-state index in [1.54, 1.807) is 48.2 Å². The first-order valence-electron chi connectivity index (χ1n) is 11.6. The summed E-state index contributed by atoms with van der Waals surface area (Å²) in [7, 11) is 0. The Kier molecular flexibility index (Phi) is 6.43. The summed E-state index contributed by atoms with van der Waals surface area (Å²) in [5, 5.41) is 12.2. The molecular weight excluding hydrogens is 477 g/mol. The maximum absolute atomic E-state index is 14.0. The molecule has 186 valence electrons. The Labute approximate surface area is 211 Å². The predicted molar refractivity (Wildman–Crippen MR) is 133 cm³/mol. The third kappa shape index (κ3) is 4.79. The third-order valence-corrected chi connectivity index (χ3v) is 6.15. The van der Waals surface area contributed by atoms with Crippen LogP contribution < -0.4 is 10.2 Å². The Hall–Kier alpha value is -4.91. The van der Waals surface area contributed by atoms with Gasteiger partial charge in [-0.15, -0.1) is 0 Å². The second-order valence-electron chi connectivity index (χ2n) is 8.50. The fraction of sp³-hybridized carbons (Fsp3) is 0.185. The Morgan fingerprint density at radius 3 is 2.57 bits per heavy atom. The normalized spacial score (nSPS) is 13.3. The quantitative estimate of drug-likeness (QED) is 0.431. The molecule has 0 atom stereocenters. The fourth-order valence-corrected chi connectivity index (χ4v) is 4.12. The van der Waals surface area contributed by atoms with Crippen molar-refractivity contribution in [3.8, 4) is 17.7 Å². The molecule has 2 amide bonds. The zero-order valence-corrected chi connectivity index (χ0v) is 19.9. The Morgan fingerprint density at radius 1 is 1.08 bits per heavy atom. The van der Waals surface area contributed by atoms with E-state index in [2.05, 4.69) is 16.4 Å². The molecule has 2 aromatic carbocycles. The molecule has 10 heteroatoms. The first-order valence-corrected chi connectivity index (χ1v) is 11.6. The molecule has 0 saturated carbocycles. The average Bonchev–Trinajstić information content (AvgIpc) is 3.60. The minimum atomic E-state index is -0.620. The van der Waals surface area contributed by atoms with Crippen molar-refractivity contribution in [1.82, 2.24) is 9.88 Å². The van der Waals surface area contributed by atoms with Gasteiger partial charge in [-0.05, 0) is 48.9 Å². The number of oxazole rings is 1. The van der Waals surface area contributed by atoms with Gasteiger partial charge in [0.2, 0.25) is 11.6 Å². The van der Waals surface area contributed by atoms with E-state index in [0.29, 0.717) is 49.1 Å². The summed E-state index contributed by atoms with van der Waals surface area (Å²) in [4.78, 5) is 33.6. The molecule has 0 spiro atoms. The number of amides is 2. The van der Waals surface area contributed by atoms with Gasteiger partial charge < -0.3 is 24.0 Å². The number of rotatable bonds is 5. The number of aryl methyl sites for hydroxylation is 1. The topological polar surface area (TPSA) is 116 Å². The average molecular weight is 500 g/mol.